The molecule has 0 unspecified atom stereocenters. The van der Waals surface area contributed by atoms with Crippen LogP contribution in [0.4, 0.5) is 0 Å². The predicted octanol–water partition coefficient (Wildman–Crippen LogP) is 2.84. The zero-order chi connectivity index (χ0) is 8.55. The van der Waals surface area contributed by atoms with Crippen LogP contribution in [-0.2, 0) is 32.7 Å². The van der Waals surface area contributed by atoms with Gasteiger partial charge in [0.2, 0.25) is 0 Å². The van der Waals surface area contributed by atoms with Crippen LogP contribution in [0.3, 0.4) is 0 Å². The molecule has 1 heterocycles. The molecule has 1 aromatic carbocycles. The number of fused-ring (bicyclic) bond motifs is 1. The molecule has 5 heteroatoms. The van der Waals surface area contributed by atoms with Gasteiger partial charge >= 0.3 is 0 Å². The Kier molecular flexibility index (Phi) is 4.23. The average Bonchev–Trinajstić information content (AvgIpc) is 2.04. The molecule has 1 radical (unpaired) electrons. The number of hydrogen-bond acceptors (Lipinski definition) is 2. The number of benzene rings is 1. The van der Waals surface area contributed by atoms with Gasteiger partial charge in [0.05, 0.1) is 0 Å². The van der Waals surface area contributed by atoms with Gasteiger partial charge in [0.15, 0.2) is 0 Å². The molecule has 13 heavy (non-hydrogen) atoms. The van der Waals surface area contributed by atoms with E-state index in [0.717, 1.165) is 15.2 Å². The molecule has 0 aliphatic rings. The first-order valence-corrected chi connectivity index (χ1v) is 4.43. The van der Waals surface area contributed by atoms with E-state index >= 15 is 0 Å². The summed E-state index contributed by atoms with van der Waals surface area (Å²) in [6.45, 7) is 0. The van der Waals surface area contributed by atoms with Gasteiger partial charge in [-0.25, -0.2) is 5.10 Å². The Morgan fingerprint density at radius 3 is 2.92 bits per heavy atom. The Hall–Kier alpha value is 0.434. The summed E-state index contributed by atoms with van der Waals surface area (Å²) in [6, 6.07) is 5.69. The SMILES string of the molecule is Clc1nn[c-]c2cc(Br)ccc12.[Y]. The first-order valence-electron chi connectivity index (χ1n) is 3.26. The van der Waals surface area contributed by atoms with E-state index in [-0.39, 0.29) is 32.7 Å². The zero-order valence-corrected chi connectivity index (χ0v) is 11.6. The molecular weight excluding hydrogens is 328 g/mol. The summed E-state index contributed by atoms with van der Waals surface area (Å²) in [6.07, 6.45) is 2.76. The second kappa shape index (κ2) is 4.78. The molecule has 63 valence electrons. The first-order chi connectivity index (χ1) is 5.77. The van der Waals surface area contributed by atoms with Crippen molar-refractivity contribution in [2.45, 2.75) is 0 Å². The maximum atomic E-state index is 5.80. The topological polar surface area (TPSA) is 25.8 Å². The Bertz CT molecular complexity index is 435. The monoisotopic (exact) mass is 330 g/mol. The summed E-state index contributed by atoms with van der Waals surface area (Å²) in [7, 11) is 0. The van der Waals surface area contributed by atoms with E-state index in [1.807, 2.05) is 18.2 Å². The molecule has 0 bridgehead atoms. The van der Waals surface area contributed by atoms with Gasteiger partial charge in [-0.3, -0.25) is 0 Å². The molecule has 0 atom stereocenters. The molecule has 0 fully saturated rings. The predicted molar refractivity (Wildman–Crippen MR) is 51.1 cm³/mol. The summed E-state index contributed by atoms with van der Waals surface area (Å²) < 4.78 is 0.982. The van der Waals surface area contributed by atoms with Crippen molar-refractivity contribution in [3.8, 4) is 0 Å². The van der Waals surface area contributed by atoms with Crippen LogP contribution in [0.15, 0.2) is 22.7 Å². The summed E-state index contributed by atoms with van der Waals surface area (Å²) >= 11 is 9.15. The summed E-state index contributed by atoms with van der Waals surface area (Å²) in [5, 5.41) is 9.46. The van der Waals surface area contributed by atoms with Crippen molar-refractivity contribution in [1.82, 2.24) is 10.2 Å². The zero-order valence-electron chi connectivity index (χ0n) is 6.46. The van der Waals surface area contributed by atoms with Crippen LogP contribution in [0.25, 0.3) is 10.8 Å². The molecule has 0 aliphatic carbocycles. The molecule has 0 saturated carbocycles. The normalized spacial score (nSPS) is 9.69. The maximum absolute atomic E-state index is 5.80. The fourth-order valence-corrected chi connectivity index (χ4v) is 1.53. The Morgan fingerprint density at radius 2 is 2.15 bits per heavy atom. The van der Waals surface area contributed by atoms with Crippen molar-refractivity contribution in [1.29, 1.82) is 0 Å². The van der Waals surface area contributed by atoms with Crippen molar-refractivity contribution in [2.75, 3.05) is 0 Å². The van der Waals surface area contributed by atoms with Crippen molar-refractivity contribution in [3.63, 3.8) is 0 Å². The minimum atomic E-state index is 0. The molecule has 0 aliphatic heterocycles. The van der Waals surface area contributed by atoms with Crippen LogP contribution in [0, 0.1) is 6.20 Å². The number of aromatic nitrogens is 2. The number of nitrogens with zero attached hydrogens (tertiary/aromatic N) is 2. The van der Waals surface area contributed by atoms with E-state index in [1.165, 1.54) is 0 Å². The van der Waals surface area contributed by atoms with E-state index in [2.05, 4.69) is 32.3 Å². The summed E-state index contributed by atoms with van der Waals surface area (Å²) in [5.41, 5.74) is 0. The van der Waals surface area contributed by atoms with Crippen molar-refractivity contribution in [3.05, 3.63) is 34.0 Å². The molecular formula is C8H3BrClN2Y-. The van der Waals surface area contributed by atoms with Crippen LogP contribution in [0.5, 0.6) is 0 Å². The van der Waals surface area contributed by atoms with E-state index in [9.17, 15) is 0 Å². The van der Waals surface area contributed by atoms with Gasteiger partial charge in [-0.2, -0.15) is 10.5 Å². The smallest absolute Gasteiger partial charge is 0.103 e. The van der Waals surface area contributed by atoms with Gasteiger partial charge in [-0.1, -0.05) is 39.0 Å². The van der Waals surface area contributed by atoms with Gasteiger partial charge in [0.25, 0.3) is 0 Å². The second-order valence-electron chi connectivity index (χ2n) is 2.29. The number of halogens is 2. The fourth-order valence-electron chi connectivity index (χ4n) is 0.965. The van der Waals surface area contributed by atoms with Gasteiger partial charge in [-0.15, -0.1) is 12.1 Å². The van der Waals surface area contributed by atoms with Crippen LogP contribution in [-0.4, -0.2) is 10.2 Å². The third-order valence-corrected chi connectivity index (χ3v) is 2.28. The van der Waals surface area contributed by atoms with Gasteiger partial charge in [0.1, 0.15) is 5.15 Å². The number of rotatable bonds is 0. The minimum Gasteiger partial charge on any atom is -0.228 e. The maximum Gasteiger partial charge on any atom is 0.103 e. The first kappa shape index (κ1) is 11.5. The van der Waals surface area contributed by atoms with Crippen LogP contribution in [0.1, 0.15) is 0 Å². The Balaban J connectivity index is 0.000000845. The molecule has 0 spiro atoms. The third kappa shape index (κ3) is 2.46. The average molecular weight is 331 g/mol. The van der Waals surface area contributed by atoms with Crippen LogP contribution in [0.2, 0.25) is 5.15 Å². The molecule has 2 rings (SSSR count). The molecule has 0 N–H and O–H groups in total. The van der Waals surface area contributed by atoms with E-state index < -0.39 is 0 Å². The standard InChI is InChI=1S/C8H3BrClN2.Y/c9-6-1-2-7-5(3-6)4-11-12-8(7)10;/h1-3H;/q-1;. The quantitative estimate of drug-likeness (QED) is 0.694. The molecule has 0 saturated heterocycles. The molecule has 2 aromatic rings. The largest absolute Gasteiger partial charge is 0.228 e. The Morgan fingerprint density at radius 1 is 1.38 bits per heavy atom. The van der Waals surface area contributed by atoms with Gasteiger partial charge < -0.3 is 0 Å². The van der Waals surface area contributed by atoms with E-state index in [4.69, 9.17) is 11.6 Å². The van der Waals surface area contributed by atoms with Crippen molar-refractivity contribution >= 4 is 38.3 Å². The Labute approximate surface area is 114 Å². The molecule has 1 aromatic heterocycles. The molecule has 0 amide bonds. The van der Waals surface area contributed by atoms with E-state index in [1.54, 1.807) is 0 Å². The molecule has 2 nitrogen and oxygen atoms in total. The van der Waals surface area contributed by atoms with Crippen LogP contribution >= 0.6 is 27.5 Å². The summed E-state index contributed by atoms with van der Waals surface area (Å²) in [4.78, 5) is 0. The minimum absolute atomic E-state index is 0. The second-order valence-corrected chi connectivity index (χ2v) is 3.57. The van der Waals surface area contributed by atoms with Gasteiger partial charge in [-0.05, 0) is 10.7 Å². The summed E-state index contributed by atoms with van der Waals surface area (Å²) in [5.74, 6) is 0. The number of hydrogen-bond donors (Lipinski definition) is 0. The van der Waals surface area contributed by atoms with Crippen molar-refractivity contribution < 1.29 is 32.7 Å². The van der Waals surface area contributed by atoms with Crippen LogP contribution < -0.4 is 0 Å². The van der Waals surface area contributed by atoms with Crippen molar-refractivity contribution in [2.24, 2.45) is 0 Å². The fraction of sp³-hybridized carbons (Fsp3) is 0. The third-order valence-electron chi connectivity index (χ3n) is 1.51. The van der Waals surface area contributed by atoms with Gasteiger partial charge in [0, 0.05) is 32.7 Å². The van der Waals surface area contributed by atoms with E-state index in [0.29, 0.717) is 5.15 Å².